The molecule has 0 fully saturated rings. The van der Waals surface area contributed by atoms with Crippen molar-refractivity contribution in [1.82, 2.24) is 4.72 Å². The number of amides is 1. The van der Waals surface area contributed by atoms with Crippen molar-refractivity contribution in [2.75, 3.05) is 7.11 Å². The zero-order chi connectivity index (χ0) is 17.7. The summed E-state index contributed by atoms with van der Waals surface area (Å²) in [6, 6.07) is 14.4. The molecule has 1 amide bonds. The van der Waals surface area contributed by atoms with Crippen LogP contribution in [0.25, 0.3) is 0 Å². The summed E-state index contributed by atoms with van der Waals surface area (Å²) in [5.74, 6) is -0.817. The van der Waals surface area contributed by atoms with Crippen LogP contribution < -0.4 is 4.72 Å². The summed E-state index contributed by atoms with van der Waals surface area (Å²) < 4.78 is 32.3. The summed E-state index contributed by atoms with van der Waals surface area (Å²) in [4.78, 5) is 12.1. The molecule has 0 radical (unpaired) electrons. The number of methoxy groups -OCH3 is 1. The maximum Gasteiger partial charge on any atom is 0.267 e. The summed E-state index contributed by atoms with van der Waals surface area (Å²) in [7, 11) is -2.82. The topological polar surface area (TPSA) is 96.3 Å². The number of carbonyl (C=O) groups excluding carboxylic acids is 1. The van der Waals surface area contributed by atoms with Crippen molar-refractivity contribution < 1.29 is 17.9 Å². The van der Waals surface area contributed by atoms with Crippen LogP contribution in [0.3, 0.4) is 0 Å². The number of nitriles is 1. The Balaban J connectivity index is 2.30. The van der Waals surface area contributed by atoms with Gasteiger partial charge in [-0.05, 0) is 23.8 Å². The highest BCUT2D eigenvalue weighted by atomic mass is 79.9. The molecule has 0 aliphatic rings. The number of rotatable bonds is 5. The lowest BCUT2D eigenvalue weighted by atomic mass is 10.1. The standard InChI is InChI=1S/C16H13BrN2O4S/c1-23-15(12-5-3-2-4-6-12)16(20)19-24(21,22)14-8-11(10-18)7-13(17)9-14/h2-9,15H,1H3,(H,19,20). The molecule has 1 atom stereocenters. The molecule has 0 aromatic heterocycles. The van der Waals surface area contributed by atoms with Crippen LogP contribution in [-0.2, 0) is 19.6 Å². The first-order valence-corrected chi connectivity index (χ1v) is 9.00. The van der Waals surface area contributed by atoms with Crippen LogP contribution in [0.4, 0.5) is 0 Å². The van der Waals surface area contributed by atoms with E-state index >= 15 is 0 Å². The largest absolute Gasteiger partial charge is 0.367 e. The van der Waals surface area contributed by atoms with Crippen molar-refractivity contribution in [2.24, 2.45) is 0 Å². The van der Waals surface area contributed by atoms with E-state index in [1.54, 1.807) is 30.3 Å². The lowest BCUT2D eigenvalue weighted by Gasteiger charge is -2.16. The zero-order valence-electron chi connectivity index (χ0n) is 12.6. The van der Waals surface area contributed by atoms with Gasteiger partial charge in [0.2, 0.25) is 0 Å². The zero-order valence-corrected chi connectivity index (χ0v) is 15.0. The van der Waals surface area contributed by atoms with Gasteiger partial charge in [0.05, 0.1) is 16.5 Å². The minimum Gasteiger partial charge on any atom is -0.367 e. The second-order valence-corrected chi connectivity index (χ2v) is 7.38. The number of hydrogen-bond acceptors (Lipinski definition) is 5. The van der Waals surface area contributed by atoms with Crippen LogP contribution in [-0.4, -0.2) is 21.4 Å². The quantitative estimate of drug-likeness (QED) is 0.819. The van der Waals surface area contributed by atoms with Gasteiger partial charge in [-0.3, -0.25) is 4.79 Å². The average molecular weight is 409 g/mol. The Kier molecular flexibility index (Phi) is 5.72. The molecule has 24 heavy (non-hydrogen) atoms. The molecule has 2 rings (SSSR count). The molecule has 0 saturated heterocycles. The molecule has 6 nitrogen and oxygen atoms in total. The van der Waals surface area contributed by atoms with Crippen molar-refractivity contribution in [1.29, 1.82) is 5.26 Å². The highest BCUT2D eigenvalue weighted by Gasteiger charge is 2.26. The SMILES string of the molecule is COC(C(=O)NS(=O)(=O)c1cc(Br)cc(C#N)c1)c1ccccc1. The number of nitrogens with zero attached hydrogens (tertiary/aromatic N) is 1. The third kappa shape index (κ3) is 4.20. The van der Waals surface area contributed by atoms with Crippen LogP contribution >= 0.6 is 15.9 Å². The number of halogens is 1. The molecule has 0 bridgehead atoms. The first-order valence-electron chi connectivity index (χ1n) is 6.72. The Morgan fingerprint density at radius 2 is 1.92 bits per heavy atom. The molecule has 0 aliphatic carbocycles. The summed E-state index contributed by atoms with van der Waals surface area (Å²) in [5.41, 5.74) is 0.684. The van der Waals surface area contributed by atoms with Crippen LogP contribution in [0.5, 0.6) is 0 Å². The van der Waals surface area contributed by atoms with E-state index in [0.717, 1.165) is 0 Å². The number of carbonyl (C=O) groups is 1. The summed E-state index contributed by atoms with van der Waals surface area (Å²) in [5, 5.41) is 8.94. The van der Waals surface area contributed by atoms with Gasteiger partial charge in [0.25, 0.3) is 15.9 Å². The third-order valence-corrected chi connectivity index (χ3v) is 4.91. The van der Waals surface area contributed by atoms with E-state index in [9.17, 15) is 13.2 Å². The predicted octanol–water partition coefficient (Wildman–Crippen LogP) is 2.51. The minimum absolute atomic E-state index is 0.156. The Hall–Kier alpha value is -2.21. The normalized spacial score (nSPS) is 12.2. The van der Waals surface area contributed by atoms with Crippen molar-refractivity contribution >= 4 is 31.9 Å². The van der Waals surface area contributed by atoms with Gasteiger partial charge in [-0.15, -0.1) is 0 Å². The minimum atomic E-state index is -4.14. The van der Waals surface area contributed by atoms with E-state index < -0.39 is 22.0 Å². The monoisotopic (exact) mass is 408 g/mol. The van der Waals surface area contributed by atoms with Gasteiger partial charge in [0.1, 0.15) is 0 Å². The van der Waals surface area contributed by atoms with Crippen molar-refractivity contribution in [3.05, 3.63) is 64.1 Å². The molecule has 1 unspecified atom stereocenters. The lowest BCUT2D eigenvalue weighted by molar-refractivity contribution is -0.129. The maximum absolute atomic E-state index is 12.4. The number of ether oxygens (including phenoxy) is 1. The second-order valence-electron chi connectivity index (χ2n) is 4.78. The van der Waals surface area contributed by atoms with Crippen LogP contribution in [0, 0.1) is 11.3 Å². The fraction of sp³-hybridized carbons (Fsp3) is 0.125. The summed E-state index contributed by atoms with van der Waals surface area (Å²) in [6.07, 6.45) is -1.07. The van der Waals surface area contributed by atoms with E-state index in [0.29, 0.717) is 10.0 Å². The Morgan fingerprint density at radius 1 is 1.25 bits per heavy atom. The van der Waals surface area contributed by atoms with Gasteiger partial charge in [-0.25, -0.2) is 13.1 Å². The molecule has 2 aromatic rings. The first kappa shape index (κ1) is 18.1. The van der Waals surface area contributed by atoms with Gasteiger partial charge in [-0.2, -0.15) is 5.26 Å². The molecule has 0 spiro atoms. The molecule has 2 aromatic carbocycles. The molecule has 0 aliphatic heterocycles. The fourth-order valence-corrected chi connectivity index (χ4v) is 3.75. The van der Waals surface area contributed by atoms with Crippen LogP contribution in [0.2, 0.25) is 0 Å². The number of nitrogens with one attached hydrogen (secondary N) is 1. The van der Waals surface area contributed by atoms with Crippen molar-refractivity contribution in [3.8, 4) is 6.07 Å². The predicted molar refractivity (Wildman–Crippen MR) is 90.4 cm³/mol. The second kappa shape index (κ2) is 7.57. The van der Waals surface area contributed by atoms with E-state index in [-0.39, 0.29) is 10.5 Å². The molecular weight excluding hydrogens is 396 g/mol. The molecule has 8 heteroatoms. The van der Waals surface area contributed by atoms with Gasteiger partial charge >= 0.3 is 0 Å². The smallest absolute Gasteiger partial charge is 0.267 e. The lowest BCUT2D eigenvalue weighted by Crippen LogP contribution is -2.35. The highest BCUT2D eigenvalue weighted by molar-refractivity contribution is 9.10. The van der Waals surface area contributed by atoms with Crippen LogP contribution in [0.15, 0.2) is 57.9 Å². The Labute approximate surface area is 148 Å². The molecule has 124 valence electrons. The maximum atomic E-state index is 12.4. The van der Waals surface area contributed by atoms with E-state index in [1.165, 1.54) is 25.3 Å². The first-order chi connectivity index (χ1) is 11.4. The van der Waals surface area contributed by atoms with Gasteiger partial charge in [-0.1, -0.05) is 46.3 Å². The Bertz CT molecular complexity index is 892. The number of hydrogen-bond donors (Lipinski definition) is 1. The molecule has 0 heterocycles. The summed E-state index contributed by atoms with van der Waals surface area (Å²) in [6.45, 7) is 0. The average Bonchev–Trinajstić information content (AvgIpc) is 2.55. The van der Waals surface area contributed by atoms with Gasteiger partial charge in [0, 0.05) is 11.6 Å². The number of benzene rings is 2. The van der Waals surface area contributed by atoms with E-state index in [2.05, 4.69) is 15.9 Å². The van der Waals surface area contributed by atoms with E-state index in [4.69, 9.17) is 10.00 Å². The third-order valence-electron chi connectivity index (χ3n) is 3.12. The van der Waals surface area contributed by atoms with Gasteiger partial charge in [0.15, 0.2) is 6.10 Å². The Morgan fingerprint density at radius 3 is 2.50 bits per heavy atom. The van der Waals surface area contributed by atoms with Crippen molar-refractivity contribution in [3.63, 3.8) is 0 Å². The summed E-state index contributed by atoms with van der Waals surface area (Å²) >= 11 is 3.14. The highest BCUT2D eigenvalue weighted by Crippen LogP contribution is 2.21. The molecule has 1 N–H and O–H groups in total. The fourth-order valence-electron chi connectivity index (χ4n) is 2.05. The van der Waals surface area contributed by atoms with Crippen molar-refractivity contribution in [2.45, 2.75) is 11.0 Å². The van der Waals surface area contributed by atoms with Gasteiger partial charge < -0.3 is 4.74 Å². The van der Waals surface area contributed by atoms with E-state index in [1.807, 2.05) is 10.8 Å². The van der Waals surface area contributed by atoms with Crippen LogP contribution in [0.1, 0.15) is 17.2 Å². The number of sulfonamides is 1. The molecular formula is C16H13BrN2O4S. The molecule has 0 saturated carbocycles.